The summed E-state index contributed by atoms with van der Waals surface area (Å²) in [5.74, 6) is 0. The van der Waals surface area contributed by atoms with Crippen molar-refractivity contribution in [2.75, 3.05) is 13.2 Å². The molecule has 3 rings (SSSR count). The molecule has 2 heterocycles. The molecule has 3 nitrogen and oxygen atoms in total. The molecule has 1 aliphatic rings. The highest BCUT2D eigenvalue weighted by molar-refractivity contribution is 7.81. The van der Waals surface area contributed by atoms with E-state index in [1.165, 1.54) is 5.56 Å². The number of imidazole rings is 1. The predicted molar refractivity (Wildman–Crippen MR) is 62.2 cm³/mol. The van der Waals surface area contributed by atoms with Crippen molar-refractivity contribution in [1.82, 2.24) is 9.55 Å². The van der Waals surface area contributed by atoms with Crippen LogP contribution >= 0.6 is 12.6 Å². The Morgan fingerprint density at radius 1 is 1.47 bits per heavy atom. The Morgan fingerprint density at radius 2 is 2.27 bits per heavy atom. The van der Waals surface area contributed by atoms with Crippen LogP contribution in [-0.4, -0.2) is 22.8 Å². The van der Waals surface area contributed by atoms with Crippen LogP contribution in [0.4, 0.5) is 0 Å². The summed E-state index contributed by atoms with van der Waals surface area (Å²) < 4.78 is 7.12. The van der Waals surface area contributed by atoms with Crippen LogP contribution in [0.5, 0.6) is 0 Å². The lowest BCUT2D eigenvalue weighted by molar-refractivity contribution is -0.00964. The molecule has 1 aromatic carbocycles. The van der Waals surface area contributed by atoms with E-state index in [4.69, 9.17) is 4.74 Å². The van der Waals surface area contributed by atoms with Crippen molar-refractivity contribution in [3.63, 3.8) is 0 Å². The van der Waals surface area contributed by atoms with E-state index >= 15 is 0 Å². The zero-order chi connectivity index (χ0) is 10.5. The molecule has 2 aromatic rings. The summed E-state index contributed by atoms with van der Waals surface area (Å²) in [7, 11) is 2.00. The maximum absolute atomic E-state index is 5.21. The van der Waals surface area contributed by atoms with Crippen LogP contribution in [0.2, 0.25) is 0 Å². The molecule has 4 heteroatoms. The van der Waals surface area contributed by atoms with E-state index < -0.39 is 0 Å². The molecule has 1 saturated heterocycles. The monoisotopic (exact) mass is 220 g/mol. The van der Waals surface area contributed by atoms with Crippen molar-refractivity contribution in [3.05, 3.63) is 30.1 Å². The molecule has 15 heavy (non-hydrogen) atoms. The van der Waals surface area contributed by atoms with E-state index in [0.29, 0.717) is 13.2 Å². The Hall–Kier alpha value is -1.00. The van der Waals surface area contributed by atoms with Crippen LogP contribution in [0.25, 0.3) is 11.0 Å². The molecular weight excluding hydrogens is 208 g/mol. The summed E-state index contributed by atoms with van der Waals surface area (Å²) in [6.07, 6.45) is 1.83. The molecule has 78 valence electrons. The first-order chi connectivity index (χ1) is 7.19. The van der Waals surface area contributed by atoms with Crippen LogP contribution in [0.1, 0.15) is 5.56 Å². The molecule has 0 bridgehead atoms. The van der Waals surface area contributed by atoms with E-state index in [1.54, 1.807) is 0 Å². The molecule has 1 fully saturated rings. The van der Waals surface area contributed by atoms with E-state index in [1.807, 2.05) is 17.9 Å². The van der Waals surface area contributed by atoms with Gasteiger partial charge in [0.15, 0.2) is 0 Å². The summed E-state index contributed by atoms with van der Waals surface area (Å²) >= 11 is 4.64. The quantitative estimate of drug-likeness (QED) is 0.741. The molecule has 0 N–H and O–H groups in total. The van der Waals surface area contributed by atoms with Gasteiger partial charge in [0, 0.05) is 7.05 Å². The third-order valence-electron chi connectivity index (χ3n) is 2.94. The van der Waals surface area contributed by atoms with Crippen LogP contribution < -0.4 is 0 Å². The van der Waals surface area contributed by atoms with E-state index in [2.05, 4.69) is 35.8 Å². The number of fused-ring (bicyclic) bond motifs is 1. The van der Waals surface area contributed by atoms with Crippen molar-refractivity contribution in [2.24, 2.45) is 7.05 Å². The molecular formula is C11H12N2OS. The van der Waals surface area contributed by atoms with Gasteiger partial charge in [0.1, 0.15) is 0 Å². The second-order valence-corrected chi connectivity index (χ2v) is 4.94. The average molecular weight is 220 g/mol. The topological polar surface area (TPSA) is 27.1 Å². The van der Waals surface area contributed by atoms with E-state index in [-0.39, 0.29) is 4.75 Å². The maximum Gasteiger partial charge on any atom is 0.0955 e. The summed E-state index contributed by atoms with van der Waals surface area (Å²) in [6, 6.07) is 6.30. The Morgan fingerprint density at radius 3 is 2.93 bits per heavy atom. The van der Waals surface area contributed by atoms with Crippen LogP contribution in [0, 0.1) is 0 Å². The second-order valence-electron chi connectivity index (χ2n) is 4.08. The fourth-order valence-electron chi connectivity index (χ4n) is 1.89. The molecule has 0 saturated carbocycles. The van der Waals surface area contributed by atoms with Crippen molar-refractivity contribution in [1.29, 1.82) is 0 Å². The van der Waals surface area contributed by atoms with Gasteiger partial charge in [-0.2, -0.15) is 12.6 Å². The van der Waals surface area contributed by atoms with Gasteiger partial charge in [0.25, 0.3) is 0 Å². The van der Waals surface area contributed by atoms with Crippen LogP contribution in [0.15, 0.2) is 24.5 Å². The summed E-state index contributed by atoms with van der Waals surface area (Å²) in [5, 5.41) is 0. The SMILES string of the molecule is Cn1cnc2cc(C3(S)COC3)ccc21. The van der Waals surface area contributed by atoms with Gasteiger partial charge in [-0.3, -0.25) is 0 Å². The fraction of sp³-hybridized carbons (Fsp3) is 0.364. The zero-order valence-corrected chi connectivity index (χ0v) is 9.37. The highest BCUT2D eigenvalue weighted by Gasteiger charge is 2.36. The van der Waals surface area contributed by atoms with Gasteiger partial charge in [-0.15, -0.1) is 0 Å². The van der Waals surface area contributed by atoms with Crippen LogP contribution in [0.3, 0.4) is 0 Å². The van der Waals surface area contributed by atoms with Crippen molar-refractivity contribution in [3.8, 4) is 0 Å². The van der Waals surface area contributed by atoms with Crippen LogP contribution in [-0.2, 0) is 16.5 Å². The first kappa shape index (κ1) is 9.24. The number of rotatable bonds is 1. The minimum absolute atomic E-state index is 0.105. The number of thiol groups is 1. The zero-order valence-electron chi connectivity index (χ0n) is 8.47. The van der Waals surface area contributed by atoms with Gasteiger partial charge in [-0.05, 0) is 17.7 Å². The van der Waals surface area contributed by atoms with Crippen molar-refractivity contribution in [2.45, 2.75) is 4.75 Å². The summed E-state index contributed by atoms with van der Waals surface area (Å²) in [5.41, 5.74) is 3.37. The smallest absolute Gasteiger partial charge is 0.0955 e. The van der Waals surface area contributed by atoms with Gasteiger partial charge >= 0.3 is 0 Å². The standard InChI is InChI=1S/C11H12N2OS/c1-13-7-12-9-4-8(2-3-10(9)13)11(15)5-14-6-11/h2-4,7,15H,5-6H2,1H3. The number of aryl methyl sites for hydroxylation is 1. The molecule has 0 aliphatic carbocycles. The van der Waals surface area contributed by atoms with Gasteiger partial charge in [0.2, 0.25) is 0 Å². The Bertz CT molecular complexity index is 516. The number of hydrogen-bond acceptors (Lipinski definition) is 3. The Kier molecular flexibility index (Phi) is 1.85. The second kappa shape index (κ2) is 3.00. The minimum atomic E-state index is -0.105. The molecule has 1 aliphatic heterocycles. The average Bonchev–Trinajstić information content (AvgIpc) is 2.56. The molecule has 0 spiro atoms. The lowest BCUT2D eigenvalue weighted by Crippen LogP contribution is -2.41. The normalized spacial score (nSPS) is 19.1. The fourth-order valence-corrected chi connectivity index (χ4v) is 2.21. The van der Waals surface area contributed by atoms with E-state index in [9.17, 15) is 0 Å². The van der Waals surface area contributed by atoms with Gasteiger partial charge in [0.05, 0.1) is 35.3 Å². The minimum Gasteiger partial charge on any atom is -0.378 e. The number of ether oxygens (including phenoxy) is 1. The first-order valence-corrected chi connectivity index (χ1v) is 5.35. The highest BCUT2D eigenvalue weighted by Crippen LogP contribution is 2.36. The molecule has 0 radical (unpaired) electrons. The largest absolute Gasteiger partial charge is 0.378 e. The molecule has 0 unspecified atom stereocenters. The number of aromatic nitrogens is 2. The first-order valence-electron chi connectivity index (χ1n) is 4.91. The number of benzene rings is 1. The molecule has 0 amide bonds. The predicted octanol–water partition coefficient (Wildman–Crippen LogP) is 1.73. The number of hydrogen-bond donors (Lipinski definition) is 1. The lowest BCUT2D eigenvalue weighted by atomic mass is 9.96. The third kappa shape index (κ3) is 1.28. The molecule has 1 aromatic heterocycles. The highest BCUT2D eigenvalue weighted by atomic mass is 32.1. The van der Waals surface area contributed by atoms with Crippen molar-refractivity contribution < 1.29 is 4.74 Å². The van der Waals surface area contributed by atoms with E-state index in [0.717, 1.165) is 11.0 Å². The van der Waals surface area contributed by atoms with Crippen molar-refractivity contribution >= 4 is 23.7 Å². The summed E-state index contributed by atoms with van der Waals surface area (Å²) in [4.78, 5) is 4.34. The van der Waals surface area contributed by atoms with Gasteiger partial charge < -0.3 is 9.30 Å². The molecule has 0 atom stereocenters. The summed E-state index contributed by atoms with van der Waals surface area (Å²) in [6.45, 7) is 1.38. The Labute approximate surface area is 93.5 Å². The van der Waals surface area contributed by atoms with Gasteiger partial charge in [-0.25, -0.2) is 4.98 Å². The van der Waals surface area contributed by atoms with Gasteiger partial charge in [-0.1, -0.05) is 6.07 Å². The lowest BCUT2D eigenvalue weighted by Gasteiger charge is -2.37. The maximum atomic E-state index is 5.21. The number of nitrogens with zero attached hydrogens (tertiary/aromatic N) is 2. The third-order valence-corrected chi connectivity index (χ3v) is 3.46. The Balaban J connectivity index is 2.14.